The van der Waals surface area contributed by atoms with Crippen molar-refractivity contribution in [3.63, 3.8) is 0 Å². The molecule has 0 radical (unpaired) electrons. The fraction of sp³-hybridized carbons (Fsp3) is 0.500. The first kappa shape index (κ1) is 19.0. The number of methoxy groups -OCH3 is 2. The molecular formula is C20H27NO4S. The van der Waals surface area contributed by atoms with Gasteiger partial charge >= 0.3 is 0 Å². The molecule has 5 nitrogen and oxygen atoms in total. The number of rotatable bonds is 6. The van der Waals surface area contributed by atoms with Gasteiger partial charge in [0.25, 0.3) is 0 Å². The predicted molar refractivity (Wildman–Crippen MR) is 104 cm³/mol. The minimum atomic E-state index is -0.517. The van der Waals surface area contributed by atoms with Crippen LogP contribution < -0.4 is 14.2 Å². The van der Waals surface area contributed by atoms with Crippen molar-refractivity contribution < 1.29 is 19.3 Å². The van der Waals surface area contributed by atoms with Crippen LogP contribution in [0.1, 0.15) is 21.7 Å². The molecule has 0 aliphatic carbocycles. The van der Waals surface area contributed by atoms with E-state index in [1.165, 1.54) is 15.3 Å². The van der Waals surface area contributed by atoms with Crippen molar-refractivity contribution in [2.24, 2.45) is 0 Å². The van der Waals surface area contributed by atoms with Crippen LogP contribution in [-0.2, 0) is 6.54 Å². The van der Waals surface area contributed by atoms with Gasteiger partial charge in [0, 0.05) is 35.5 Å². The molecule has 0 spiro atoms. The van der Waals surface area contributed by atoms with Crippen LogP contribution in [0.4, 0.5) is 0 Å². The molecule has 1 saturated heterocycles. The lowest BCUT2D eigenvalue weighted by Gasteiger charge is -2.36. The molecule has 1 fully saturated rings. The number of hydrogen-bond donors (Lipinski definition) is 1. The van der Waals surface area contributed by atoms with Crippen molar-refractivity contribution >= 4 is 11.3 Å². The number of ether oxygens (including phenoxy) is 3. The number of likely N-dealkylation sites (tertiary alicyclic amines) is 1. The van der Waals surface area contributed by atoms with E-state index in [9.17, 15) is 5.11 Å². The molecule has 0 saturated carbocycles. The molecule has 0 amide bonds. The van der Waals surface area contributed by atoms with Crippen LogP contribution >= 0.6 is 11.3 Å². The summed E-state index contributed by atoms with van der Waals surface area (Å²) >= 11 is 1.83. The Hall–Kier alpha value is -1.76. The predicted octanol–water partition coefficient (Wildman–Crippen LogP) is 3.40. The number of piperidine rings is 1. The molecular weight excluding hydrogens is 350 g/mol. The Balaban J connectivity index is 1.59. The summed E-state index contributed by atoms with van der Waals surface area (Å²) in [5.74, 6) is 1.97. The molecule has 1 N–H and O–H groups in total. The maximum absolute atomic E-state index is 10.6. The van der Waals surface area contributed by atoms with Crippen molar-refractivity contribution in [1.82, 2.24) is 4.90 Å². The quantitative estimate of drug-likeness (QED) is 0.836. The Kier molecular flexibility index (Phi) is 6.06. The second-order valence-electron chi connectivity index (χ2n) is 6.70. The fourth-order valence-corrected chi connectivity index (χ4v) is 4.34. The fourth-order valence-electron chi connectivity index (χ4n) is 3.40. The van der Waals surface area contributed by atoms with Crippen molar-refractivity contribution in [2.75, 3.05) is 27.3 Å². The van der Waals surface area contributed by atoms with Gasteiger partial charge in [-0.1, -0.05) is 0 Å². The average Bonchev–Trinajstić information content (AvgIpc) is 2.94. The van der Waals surface area contributed by atoms with Crippen molar-refractivity contribution in [1.29, 1.82) is 0 Å². The van der Waals surface area contributed by atoms with Gasteiger partial charge < -0.3 is 19.3 Å². The average molecular weight is 378 g/mol. The van der Waals surface area contributed by atoms with E-state index in [1.807, 2.05) is 23.5 Å². The summed E-state index contributed by atoms with van der Waals surface area (Å²) in [7, 11) is 3.21. The van der Waals surface area contributed by atoms with Gasteiger partial charge in [-0.2, -0.15) is 0 Å². The Morgan fingerprint density at radius 3 is 2.54 bits per heavy atom. The van der Waals surface area contributed by atoms with Crippen LogP contribution in [0, 0.1) is 13.8 Å². The van der Waals surface area contributed by atoms with E-state index in [0.717, 1.165) is 19.5 Å². The SMILES string of the molecule is COc1ccc(O[C@@H]2CCN(Cc3cc(C)sc3C)C[C@H]2O)cc1OC. The summed E-state index contributed by atoms with van der Waals surface area (Å²) in [4.78, 5) is 5.00. The van der Waals surface area contributed by atoms with Crippen LogP contribution in [-0.4, -0.2) is 49.5 Å². The lowest BCUT2D eigenvalue weighted by molar-refractivity contribution is -0.0275. The molecule has 3 rings (SSSR count). The molecule has 0 unspecified atom stereocenters. The van der Waals surface area contributed by atoms with Crippen molar-refractivity contribution in [2.45, 2.75) is 39.0 Å². The molecule has 142 valence electrons. The van der Waals surface area contributed by atoms with Crippen LogP contribution in [0.25, 0.3) is 0 Å². The molecule has 1 aliphatic heterocycles. The first-order valence-electron chi connectivity index (χ1n) is 8.85. The maximum Gasteiger partial charge on any atom is 0.164 e. The number of aryl methyl sites for hydroxylation is 2. The third-order valence-corrected chi connectivity index (χ3v) is 5.79. The van der Waals surface area contributed by atoms with Gasteiger partial charge in [0.15, 0.2) is 11.5 Å². The number of β-amino-alcohol motifs (C(OH)–C–C–N with tert-alkyl or cyclic N) is 1. The number of aliphatic hydroxyl groups excluding tert-OH is 1. The normalized spacial score (nSPS) is 20.8. The number of aliphatic hydroxyl groups is 1. The van der Waals surface area contributed by atoms with E-state index >= 15 is 0 Å². The summed E-state index contributed by atoms with van der Waals surface area (Å²) in [6.07, 6.45) is 0.0593. The lowest BCUT2D eigenvalue weighted by Crippen LogP contribution is -2.48. The number of thiophene rings is 1. The molecule has 2 heterocycles. The van der Waals surface area contributed by atoms with E-state index in [-0.39, 0.29) is 6.10 Å². The molecule has 2 aromatic rings. The van der Waals surface area contributed by atoms with Gasteiger partial charge in [-0.05, 0) is 44.0 Å². The third kappa shape index (κ3) is 4.31. The van der Waals surface area contributed by atoms with E-state index in [2.05, 4.69) is 24.8 Å². The van der Waals surface area contributed by atoms with E-state index in [1.54, 1.807) is 20.3 Å². The van der Waals surface area contributed by atoms with E-state index < -0.39 is 6.10 Å². The van der Waals surface area contributed by atoms with E-state index in [4.69, 9.17) is 14.2 Å². The Labute approximate surface area is 159 Å². The van der Waals surface area contributed by atoms with Gasteiger partial charge in [-0.15, -0.1) is 11.3 Å². The summed E-state index contributed by atoms with van der Waals surface area (Å²) in [6, 6.07) is 7.71. The highest BCUT2D eigenvalue weighted by Gasteiger charge is 2.29. The molecule has 0 bridgehead atoms. The molecule has 26 heavy (non-hydrogen) atoms. The number of benzene rings is 1. The first-order chi connectivity index (χ1) is 12.5. The van der Waals surface area contributed by atoms with Crippen LogP contribution in [0.15, 0.2) is 24.3 Å². The number of nitrogens with zero attached hydrogens (tertiary/aromatic N) is 1. The zero-order valence-corrected chi connectivity index (χ0v) is 16.6. The second-order valence-corrected chi connectivity index (χ2v) is 8.16. The van der Waals surface area contributed by atoms with E-state index in [0.29, 0.717) is 23.8 Å². The first-order valence-corrected chi connectivity index (χ1v) is 9.66. The molecule has 1 aliphatic rings. The Morgan fingerprint density at radius 1 is 1.15 bits per heavy atom. The van der Waals surface area contributed by atoms with Gasteiger partial charge in [0.2, 0.25) is 0 Å². The smallest absolute Gasteiger partial charge is 0.164 e. The standard InChI is InChI=1S/C20H27NO4S/c1-13-9-15(14(2)26-13)11-21-8-7-18(17(22)12-21)25-16-5-6-19(23-3)20(10-16)24-4/h5-6,9-10,17-18,22H,7-8,11-12H2,1-4H3/t17-,18-/m1/s1. The second kappa shape index (κ2) is 8.29. The topological polar surface area (TPSA) is 51.2 Å². The minimum Gasteiger partial charge on any atom is -0.493 e. The number of hydrogen-bond acceptors (Lipinski definition) is 6. The molecule has 2 atom stereocenters. The zero-order valence-electron chi connectivity index (χ0n) is 15.8. The highest BCUT2D eigenvalue weighted by Crippen LogP contribution is 2.32. The van der Waals surface area contributed by atoms with Gasteiger partial charge in [0.1, 0.15) is 18.0 Å². The van der Waals surface area contributed by atoms with Crippen LogP contribution in [0.5, 0.6) is 17.2 Å². The monoisotopic (exact) mass is 377 g/mol. The minimum absolute atomic E-state index is 0.213. The largest absolute Gasteiger partial charge is 0.493 e. The van der Waals surface area contributed by atoms with Gasteiger partial charge in [0.05, 0.1) is 14.2 Å². The highest BCUT2D eigenvalue weighted by atomic mass is 32.1. The third-order valence-electron chi connectivity index (χ3n) is 4.78. The lowest BCUT2D eigenvalue weighted by atomic mass is 10.0. The summed E-state index contributed by atoms with van der Waals surface area (Å²) in [5, 5.41) is 10.6. The van der Waals surface area contributed by atoms with Crippen molar-refractivity contribution in [3.05, 3.63) is 39.6 Å². The molecule has 1 aromatic carbocycles. The molecule has 6 heteroatoms. The van der Waals surface area contributed by atoms with Crippen LogP contribution in [0.2, 0.25) is 0 Å². The van der Waals surface area contributed by atoms with Crippen LogP contribution in [0.3, 0.4) is 0 Å². The Bertz CT molecular complexity index is 745. The molecule has 1 aromatic heterocycles. The summed E-state index contributed by atoms with van der Waals surface area (Å²) in [6.45, 7) is 6.71. The van der Waals surface area contributed by atoms with Crippen molar-refractivity contribution in [3.8, 4) is 17.2 Å². The summed E-state index contributed by atoms with van der Waals surface area (Å²) in [5.41, 5.74) is 1.36. The van der Waals surface area contributed by atoms with Gasteiger partial charge in [-0.25, -0.2) is 0 Å². The van der Waals surface area contributed by atoms with Gasteiger partial charge in [-0.3, -0.25) is 4.90 Å². The highest BCUT2D eigenvalue weighted by molar-refractivity contribution is 7.12. The maximum atomic E-state index is 10.6. The Morgan fingerprint density at radius 2 is 1.92 bits per heavy atom. The zero-order chi connectivity index (χ0) is 18.7. The summed E-state index contributed by atoms with van der Waals surface area (Å²) < 4.78 is 16.6.